The van der Waals surface area contributed by atoms with Crippen LogP contribution in [0, 0.1) is 0 Å². The summed E-state index contributed by atoms with van der Waals surface area (Å²) in [7, 11) is 1.57. The number of thioether (sulfide) groups is 1. The minimum Gasteiger partial charge on any atom is -0.379 e. The maximum Gasteiger partial charge on any atom is 0.255 e. The zero-order valence-electron chi connectivity index (χ0n) is 17.6. The number of benzene rings is 1. The number of carbonyl (C=O) groups is 3. The number of nitrogens with one attached hydrogen (secondary N) is 1. The van der Waals surface area contributed by atoms with E-state index in [1.54, 1.807) is 23.7 Å². The lowest BCUT2D eigenvalue weighted by molar-refractivity contribution is -0.121. The van der Waals surface area contributed by atoms with Crippen molar-refractivity contribution in [2.75, 3.05) is 45.6 Å². The molecule has 7 nitrogen and oxygen atoms in total. The van der Waals surface area contributed by atoms with Crippen molar-refractivity contribution in [1.82, 2.24) is 15.1 Å². The van der Waals surface area contributed by atoms with Crippen molar-refractivity contribution in [3.8, 4) is 0 Å². The summed E-state index contributed by atoms with van der Waals surface area (Å²) in [5, 5.41) is 2.56. The van der Waals surface area contributed by atoms with Gasteiger partial charge in [-0.3, -0.25) is 14.5 Å². The molecule has 1 aromatic carbocycles. The van der Waals surface area contributed by atoms with Gasteiger partial charge in [0, 0.05) is 43.6 Å². The number of amides is 2. The quantitative estimate of drug-likeness (QED) is 0.326. The first-order valence-electron chi connectivity index (χ1n) is 10.7. The lowest BCUT2D eigenvalue weighted by Gasteiger charge is -2.26. The van der Waals surface area contributed by atoms with Gasteiger partial charge in [0.05, 0.1) is 19.3 Å². The second-order valence-electron chi connectivity index (χ2n) is 7.64. The summed E-state index contributed by atoms with van der Waals surface area (Å²) in [5.41, 5.74) is 1.69. The fraction of sp³-hybridized carbons (Fsp3) is 0.591. The molecule has 0 saturated carbocycles. The van der Waals surface area contributed by atoms with Crippen LogP contribution in [0.3, 0.4) is 0 Å². The van der Waals surface area contributed by atoms with Crippen LogP contribution in [-0.2, 0) is 20.9 Å². The van der Waals surface area contributed by atoms with Gasteiger partial charge >= 0.3 is 0 Å². The molecule has 8 heteroatoms. The molecule has 0 spiro atoms. The Hall–Kier alpha value is -1.90. The average molecular weight is 434 g/mol. The summed E-state index contributed by atoms with van der Waals surface area (Å²) in [5.74, 6) is 0.760. The van der Waals surface area contributed by atoms with E-state index in [1.807, 2.05) is 12.1 Å². The second kappa shape index (κ2) is 11.5. The van der Waals surface area contributed by atoms with Crippen LogP contribution in [0.4, 0.5) is 0 Å². The van der Waals surface area contributed by atoms with Crippen molar-refractivity contribution in [3.05, 3.63) is 29.3 Å². The Labute approximate surface area is 182 Å². The molecular weight excluding hydrogens is 402 g/mol. The number of morpholine rings is 1. The predicted molar refractivity (Wildman–Crippen MR) is 117 cm³/mol. The van der Waals surface area contributed by atoms with E-state index >= 15 is 0 Å². The molecule has 0 aliphatic carbocycles. The molecule has 1 saturated heterocycles. The molecule has 1 N–H and O–H groups in total. The number of carbonyl (C=O) groups excluding carboxylic acids is 3. The average Bonchev–Trinajstić information content (AvgIpc) is 3.12. The van der Waals surface area contributed by atoms with E-state index in [2.05, 4.69) is 16.3 Å². The number of nitrogens with zero attached hydrogens (tertiary/aromatic N) is 2. The maximum atomic E-state index is 12.9. The molecule has 0 aromatic heterocycles. The van der Waals surface area contributed by atoms with Crippen LogP contribution in [0.1, 0.15) is 41.6 Å². The molecule has 1 aromatic rings. The van der Waals surface area contributed by atoms with Crippen molar-refractivity contribution >= 4 is 29.9 Å². The first kappa shape index (κ1) is 22.8. The third-order valence-corrected chi connectivity index (χ3v) is 6.87. The van der Waals surface area contributed by atoms with E-state index in [-0.39, 0.29) is 18.2 Å². The third-order valence-electron chi connectivity index (χ3n) is 5.69. The van der Waals surface area contributed by atoms with E-state index in [0.717, 1.165) is 68.2 Å². The summed E-state index contributed by atoms with van der Waals surface area (Å²) in [4.78, 5) is 41.2. The van der Waals surface area contributed by atoms with Gasteiger partial charge in [0.2, 0.25) is 5.91 Å². The fourth-order valence-electron chi connectivity index (χ4n) is 3.87. The summed E-state index contributed by atoms with van der Waals surface area (Å²) in [6, 6.07) is 5.23. The molecule has 3 rings (SSSR count). The lowest BCUT2D eigenvalue weighted by atomic mass is 10.1. The molecule has 1 atom stereocenters. The third kappa shape index (κ3) is 5.83. The van der Waals surface area contributed by atoms with E-state index < -0.39 is 6.04 Å². The van der Waals surface area contributed by atoms with Crippen LogP contribution < -0.4 is 5.32 Å². The van der Waals surface area contributed by atoms with Gasteiger partial charge in [-0.25, -0.2) is 0 Å². The minimum atomic E-state index is -0.575. The number of rotatable bonds is 11. The van der Waals surface area contributed by atoms with Crippen LogP contribution in [0.2, 0.25) is 0 Å². The Morgan fingerprint density at radius 2 is 2.10 bits per heavy atom. The molecule has 2 aliphatic rings. The Balaban J connectivity index is 1.52. The van der Waals surface area contributed by atoms with Crippen LogP contribution in [0.15, 0.2) is 23.1 Å². The molecule has 2 amide bonds. The van der Waals surface area contributed by atoms with Crippen LogP contribution in [-0.4, -0.2) is 79.6 Å². The molecule has 2 heterocycles. The van der Waals surface area contributed by atoms with Crippen LogP contribution in [0.5, 0.6) is 0 Å². The number of unbranched alkanes of at least 4 members (excludes halogenated alkanes) is 1. The number of hydrogen-bond donors (Lipinski definition) is 1. The highest BCUT2D eigenvalue weighted by Gasteiger charge is 2.34. The number of aldehydes is 1. The first-order chi connectivity index (χ1) is 14.6. The summed E-state index contributed by atoms with van der Waals surface area (Å²) in [6.07, 6.45) is 3.62. The van der Waals surface area contributed by atoms with Crippen molar-refractivity contribution in [1.29, 1.82) is 0 Å². The number of fused-ring (bicyclic) bond motifs is 1. The highest BCUT2D eigenvalue weighted by molar-refractivity contribution is 7.99. The summed E-state index contributed by atoms with van der Waals surface area (Å²) in [6.45, 7) is 5.25. The van der Waals surface area contributed by atoms with Gasteiger partial charge < -0.3 is 19.7 Å². The Kier molecular flexibility index (Phi) is 8.72. The molecule has 0 radical (unpaired) electrons. The number of ether oxygens (including phenoxy) is 1. The number of hydrogen-bond acceptors (Lipinski definition) is 6. The maximum absolute atomic E-state index is 12.9. The van der Waals surface area contributed by atoms with Crippen molar-refractivity contribution < 1.29 is 19.1 Å². The largest absolute Gasteiger partial charge is 0.379 e. The molecular formula is C22H31N3O4S. The molecule has 30 heavy (non-hydrogen) atoms. The van der Waals surface area contributed by atoms with Crippen molar-refractivity contribution in [2.45, 2.75) is 43.2 Å². The lowest BCUT2D eigenvalue weighted by Crippen LogP contribution is -2.37. The summed E-state index contributed by atoms with van der Waals surface area (Å²) >= 11 is 1.78. The second-order valence-corrected chi connectivity index (χ2v) is 8.78. The van der Waals surface area contributed by atoms with E-state index in [4.69, 9.17) is 4.74 Å². The molecule has 0 bridgehead atoms. The van der Waals surface area contributed by atoms with Gasteiger partial charge in [0.1, 0.15) is 6.29 Å². The molecule has 1 unspecified atom stereocenters. The SMILES string of the molecule is CNC(=O)CCC(C=O)N1Cc2c(SCCCCN3CCOCC3)cccc2C1=O. The smallest absolute Gasteiger partial charge is 0.255 e. The molecule has 1 fully saturated rings. The summed E-state index contributed by atoms with van der Waals surface area (Å²) < 4.78 is 5.38. The van der Waals surface area contributed by atoms with Gasteiger partial charge in [0.25, 0.3) is 5.91 Å². The Bertz CT molecular complexity index is 752. The van der Waals surface area contributed by atoms with Gasteiger partial charge in [-0.15, -0.1) is 11.8 Å². The zero-order valence-corrected chi connectivity index (χ0v) is 18.4. The minimum absolute atomic E-state index is 0.117. The predicted octanol–water partition coefficient (Wildman–Crippen LogP) is 1.94. The normalized spacial score (nSPS) is 17.6. The van der Waals surface area contributed by atoms with Crippen LogP contribution in [0.25, 0.3) is 0 Å². The standard InChI is InChI=1S/C22H31N3O4S/c1-23-21(27)8-7-17(16-26)25-15-19-18(22(25)28)5-4-6-20(19)30-14-3-2-9-24-10-12-29-13-11-24/h4-6,16-17H,2-3,7-15H2,1H3,(H,23,27). The molecule has 2 aliphatic heterocycles. The van der Waals surface area contributed by atoms with E-state index in [1.165, 1.54) is 0 Å². The van der Waals surface area contributed by atoms with E-state index in [0.29, 0.717) is 18.5 Å². The van der Waals surface area contributed by atoms with Crippen LogP contribution >= 0.6 is 11.8 Å². The topological polar surface area (TPSA) is 79.0 Å². The van der Waals surface area contributed by atoms with Gasteiger partial charge in [-0.2, -0.15) is 0 Å². The molecule has 164 valence electrons. The van der Waals surface area contributed by atoms with E-state index in [9.17, 15) is 14.4 Å². The monoisotopic (exact) mass is 433 g/mol. The highest BCUT2D eigenvalue weighted by atomic mass is 32.2. The van der Waals surface area contributed by atoms with Crippen molar-refractivity contribution in [2.24, 2.45) is 0 Å². The highest BCUT2D eigenvalue weighted by Crippen LogP contribution is 2.34. The Morgan fingerprint density at radius 1 is 1.30 bits per heavy atom. The van der Waals surface area contributed by atoms with Crippen molar-refractivity contribution in [3.63, 3.8) is 0 Å². The van der Waals surface area contributed by atoms with Gasteiger partial charge in [0.15, 0.2) is 0 Å². The zero-order chi connectivity index (χ0) is 21.3. The van der Waals surface area contributed by atoms with Gasteiger partial charge in [-0.1, -0.05) is 6.07 Å². The van der Waals surface area contributed by atoms with Gasteiger partial charge in [-0.05, 0) is 49.3 Å². The Morgan fingerprint density at radius 3 is 2.83 bits per heavy atom. The first-order valence-corrected chi connectivity index (χ1v) is 11.6. The fourth-order valence-corrected chi connectivity index (χ4v) is 4.97.